The van der Waals surface area contributed by atoms with Crippen molar-refractivity contribution in [2.75, 3.05) is 16.5 Å². The van der Waals surface area contributed by atoms with Gasteiger partial charge in [-0.3, -0.25) is 4.57 Å². The number of aromatic nitrogens is 2. The van der Waals surface area contributed by atoms with Crippen LogP contribution in [0.15, 0.2) is 194 Å². The number of fused-ring (bicyclic) bond motifs is 4. The average Bonchev–Trinajstić information content (AvgIpc) is 3.78. The summed E-state index contributed by atoms with van der Waals surface area (Å²) in [6.07, 6.45) is 1.85. The standard InChI is InChI=1S/C48H34N4O/c1-3-15-34(16-4-1)40-24-13-25-41(35-17-5-2-6-18-35)47(40)51-33-50(45-28-9-10-29-46(45)51)36-19-11-21-38(31-36)53-39-22-12-20-37(32-39)52-44-27-8-7-23-42(44)43-26-14-30-49-48(43)52/h1-32H,33H2. The van der Waals surface area contributed by atoms with Gasteiger partial charge in [-0.25, -0.2) is 4.98 Å². The van der Waals surface area contributed by atoms with Crippen molar-refractivity contribution in [3.05, 3.63) is 194 Å². The molecule has 5 heteroatoms. The molecule has 252 valence electrons. The molecule has 3 heterocycles. The Morgan fingerprint density at radius 2 is 1.02 bits per heavy atom. The molecule has 0 saturated heterocycles. The second kappa shape index (κ2) is 12.9. The molecular weight excluding hydrogens is 649 g/mol. The highest BCUT2D eigenvalue weighted by Crippen LogP contribution is 2.50. The van der Waals surface area contributed by atoms with Crippen LogP contribution in [-0.2, 0) is 0 Å². The molecule has 0 unspecified atom stereocenters. The molecule has 2 aromatic heterocycles. The second-order valence-electron chi connectivity index (χ2n) is 13.2. The van der Waals surface area contributed by atoms with E-state index in [2.05, 4.69) is 178 Å². The predicted molar refractivity (Wildman–Crippen MR) is 218 cm³/mol. The van der Waals surface area contributed by atoms with Gasteiger partial charge in [-0.15, -0.1) is 0 Å². The maximum atomic E-state index is 6.62. The lowest BCUT2D eigenvalue weighted by Crippen LogP contribution is -2.24. The van der Waals surface area contributed by atoms with E-state index in [0.29, 0.717) is 6.67 Å². The minimum atomic E-state index is 0.642. The van der Waals surface area contributed by atoms with Crippen LogP contribution < -0.4 is 14.5 Å². The fourth-order valence-corrected chi connectivity index (χ4v) is 7.76. The molecule has 0 fully saturated rings. The number of hydrogen-bond donors (Lipinski definition) is 0. The van der Waals surface area contributed by atoms with Crippen LogP contribution in [0.2, 0.25) is 0 Å². The fourth-order valence-electron chi connectivity index (χ4n) is 7.76. The van der Waals surface area contributed by atoms with Gasteiger partial charge in [-0.1, -0.05) is 121 Å². The number of para-hydroxylation sites is 4. The third kappa shape index (κ3) is 5.38. The Bertz CT molecular complexity index is 2650. The molecule has 0 amide bonds. The van der Waals surface area contributed by atoms with Crippen LogP contribution in [0.4, 0.5) is 22.7 Å². The first kappa shape index (κ1) is 30.7. The molecule has 0 aliphatic carbocycles. The van der Waals surface area contributed by atoms with Gasteiger partial charge in [0.2, 0.25) is 0 Å². The summed E-state index contributed by atoms with van der Waals surface area (Å²) in [4.78, 5) is 9.60. The number of anilines is 4. The normalized spacial score (nSPS) is 12.4. The molecule has 0 N–H and O–H groups in total. The highest BCUT2D eigenvalue weighted by Gasteiger charge is 2.31. The van der Waals surface area contributed by atoms with Crippen LogP contribution in [0.5, 0.6) is 11.5 Å². The zero-order chi connectivity index (χ0) is 35.1. The van der Waals surface area contributed by atoms with Crippen molar-refractivity contribution in [2.45, 2.75) is 0 Å². The van der Waals surface area contributed by atoms with E-state index in [9.17, 15) is 0 Å². The Labute approximate surface area is 308 Å². The summed E-state index contributed by atoms with van der Waals surface area (Å²) in [7, 11) is 0. The average molecular weight is 683 g/mol. The number of rotatable bonds is 7. The molecule has 0 atom stereocenters. The molecule has 9 aromatic rings. The van der Waals surface area contributed by atoms with Gasteiger partial charge in [0, 0.05) is 45.9 Å². The fraction of sp³-hybridized carbons (Fsp3) is 0.0208. The zero-order valence-electron chi connectivity index (χ0n) is 28.9. The van der Waals surface area contributed by atoms with Gasteiger partial charge < -0.3 is 14.5 Å². The molecule has 1 aliphatic rings. The molecule has 7 aromatic carbocycles. The van der Waals surface area contributed by atoms with E-state index in [0.717, 1.165) is 50.8 Å². The summed E-state index contributed by atoms with van der Waals surface area (Å²) in [6.45, 7) is 0.642. The summed E-state index contributed by atoms with van der Waals surface area (Å²) < 4.78 is 8.83. The first-order valence-electron chi connectivity index (χ1n) is 17.9. The second-order valence-corrected chi connectivity index (χ2v) is 13.2. The molecule has 10 rings (SSSR count). The first-order valence-corrected chi connectivity index (χ1v) is 17.9. The molecule has 0 saturated carbocycles. The summed E-state index contributed by atoms with van der Waals surface area (Å²) in [5.41, 5.74) is 12.3. The van der Waals surface area contributed by atoms with Crippen LogP contribution in [0.1, 0.15) is 0 Å². The van der Waals surface area contributed by atoms with E-state index in [1.807, 2.05) is 30.5 Å². The van der Waals surface area contributed by atoms with Crippen molar-refractivity contribution in [2.24, 2.45) is 0 Å². The Morgan fingerprint density at radius 1 is 0.453 bits per heavy atom. The minimum absolute atomic E-state index is 0.642. The van der Waals surface area contributed by atoms with Crippen molar-refractivity contribution >= 4 is 44.7 Å². The quantitative estimate of drug-likeness (QED) is 0.168. The molecule has 53 heavy (non-hydrogen) atoms. The highest BCUT2D eigenvalue weighted by molar-refractivity contribution is 6.07. The van der Waals surface area contributed by atoms with Crippen LogP contribution in [0, 0.1) is 0 Å². The summed E-state index contributed by atoms with van der Waals surface area (Å²) >= 11 is 0. The van der Waals surface area contributed by atoms with E-state index >= 15 is 0 Å². The number of benzene rings is 7. The van der Waals surface area contributed by atoms with E-state index in [1.165, 1.54) is 33.3 Å². The van der Waals surface area contributed by atoms with Gasteiger partial charge in [0.25, 0.3) is 0 Å². The maximum Gasteiger partial charge on any atom is 0.145 e. The first-order chi connectivity index (χ1) is 26.3. The molecule has 0 spiro atoms. The van der Waals surface area contributed by atoms with Gasteiger partial charge in [0.05, 0.1) is 28.3 Å². The van der Waals surface area contributed by atoms with Crippen molar-refractivity contribution in [3.8, 4) is 39.4 Å². The molecule has 0 bridgehead atoms. The van der Waals surface area contributed by atoms with Crippen molar-refractivity contribution in [3.63, 3.8) is 0 Å². The van der Waals surface area contributed by atoms with Gasteiger partial charge in [0.1, 0.15) is 23.8 Å². The summed E-state index contributed by atoms with van der Waals surface area (Å²) in [5, 5.41) is 2.31. The topological polar surface area (TPSA) is 33.5 Å². The molecule has 1 aliphatic heterocycles. The molecule has 5 nitrogen and oxygen atoms in total. The van der Waals surface area contributed by atoms with Crippen LogP contribution in [0.3, 0.4) is 0 Å². The lowest BCUT2D eigenvalue weighted by molar-refractivity contribution is 0.482. The lowest BCUT2D eigenvalue weighted by atomic mass is 9.95. The molecular formula is C48H34N4O. The number of hydrogen-bond acceptors (Lipinski definition) is 4. The number of ether oxygens (including phenoxy) is 1. The third-order valence-corrected chi connectivity index (χ3v) is 10.1. The van der Waals surface area contributed by atoms with Crippen LogP contribution in [-0.4, -0.2) is 16.2 Å². The van der Waals surface area contributed by atoms with Crippen LogP contribution >= 0.6 is 0 Å². The number of nitrogens with zero attached hydrogens (tertiary/aromatic N) is 4. The highest BCUT2D eigenvalue weighted by atomic mass is 16.5. The Hall–Kier alpha value is -7.11. The maximum absolute atomic E-state index is 6.62. The van der Waals surface area contributed by atoms with Crippen molar-refractivity contribution < 1.29 is 4.74 Å². The molecule has 0 radical (unpaired) electrons. The summed E-state index contributed by atoms with van der Waals surface area (Å²) in [6, 6.07) is 65.9. The number of pyridine rings is 1. The van der Waals surface area contributed by atoms with Gasteiger partial charge in [-0.2, -0.15) is 0 Å². The van der Waals surface area contributed by atoms with Gasteiger partial charge in [0.15, 0.2) is 0 Å². The van der Waals surface area contributed by atoms with Gasteiger partial charge >= 0.3 is 0 Å². The van der Waals surface area contributed by atoms with E-state index in [-0.39, 0.29) is 0 Å². The van der Waals surface area contributed by atoms with E-state index in [4.69, 9.17) is 9.72 Å². The van der Waals surface area contributed by atoms with Crippen molar-refractivity contribution in [1.29, 1.82) is 0 Å². The van der Waals surface area contributed by atoms with E-state index < -0.39 is 0 Å². The largest absolute Gasteiger partial charge is 0.457 e. The SMILES string of the molecule is c1ccc(-c2cccc(-c3ccccc3)c2N2CN(c3cccc(Oc4cccc(-n5c6ccccc6c6cccnc65)c4)c3)c3ccccc32)cc1. The van der Waals surface area contributed by atoms with Crippen LogP contribution in [0.25, 0.3) is 49.9 Å². The lowest BCUT2D eigenvalue weighted by Gasteiger charge is -2.27. The monoisotopic (exact) mass is 682 g/mol. The smallest absolute Gasteiger partial charge is 0.145 e. The predicted octanol–water partition coefficient (Wildman–Crippen LogP) is 12.6. The van der Waals surface area contributed by atoms with E-state index in [1.54, 1.807) is 0 Å². The summed E-state index contributed by atoms with van der Waals surface area (Å²) in [5.74, 6) is 1.53. The van der Waals surface area contributed by atoms with Crippen molar-refractivity contribution in [1.82, 2.24) is 9.55 Å². The Kier molecular flexibility index (Phi) is 7.47. The minimum Gasteiger partial charge on any atom is -0.457 e. The Morgan fingerprint density at radius 3 is 1.74 bits per heavy atom. The zero-order valence-corrected chi connectivity index (χ0v) is 28.9. The Balaban J connectivity index is 1.02. The third-order valence-electron chi connectivity index (χ3n) is 10.1. The van der Waals surface area contributed by atoms with Gasteiger partial charge in [-0.05, 0) is 65.7 Å².